The molecule has 4 rings (SSSR count). The van der Waals surface area contributed by atoms with Gasteiger partial charge in [-0.25, -0.2) is 0 Å². The highest BCUT2D eigenvalue weighted by atomic mass is 16.5. The largest absolute Gasteiger partial charge is 0.379 e. The van der Waals surface area contributed by atoms with E-state index < -0.39 is 0 Å². The zero-order valence-electron chi connectivity index (χ0n) is 13.1. The Kier molecular flexibility index (Phi) is 3.96. The number of benzene rings is 2. The van der Waals surface area contributed by atoms with Crippen LogP contribution >= 0.6 is 0 Å². The summed E-state index contributed by atoms with van der Waals surface area (Å²) in [6.07, 6.45) is 3.52. The van der Waals surface area contributed by atoms with Crippen molar-refractivity contribution in [2.75, 3.05) is 32.8 Å². The van der Waals surface area contributed by atoms with Crippen LogP contribution in [0.25, 0.3) is 11.1 Å². The van der Waals surface area contributed by atoms with E-state index in [4.69, 9.17) is 4.74 Å². The van der Waals surface area contributed by atoms with Gasteiger partial charge in [-0.3, -0.25) is 4.90 Å². The third-order valence-corrected chi connectivity index (χ3v) is 4.90. The zero-order chi connectivity index (χ0) is 14.8. The minimum atomic E-state index is 0.900. The molecule has 0 N–H and O–H groups in total. The molecular weight excluding hydrogens is 270 g/mol. The number of fused-ring (bicyclic) bond motifs is 3. The van der Waals surface area contributed by atoms with Crippen molar-refractivity contribution in [3.8, 4) is 11.1 Å². The molecule has 1 aliphatic heterocycles. The van der Waals surface area contributed by atoms with E-state index in [1.807, 2.05) is 0 Å². The Morgan fingerprint density at radius 3 is 2.64 bits per heavy atom. The molecule has 1 heterocycles. The number of hydrogen-bond acceptors (Lipinski definition) is 2. The standard InChI is InChI=1S/C20H23NO/c1-2-6-19-17(5-1)15-18-14-16(7-8-20(18)19)4-3-9-21-10-12-22-13-11-21/h1-2,5-8,14H,3-4,9-13,15H2. The molecule has 0 saturated carbocycles. The molecule has 2 nitrogen and oxygen atoms in total. The van der Waals surface area contributed by atoms with Crippen molar-refractivity contribution >= 4 is 0 Å². The number of nitrogens with zero attached hydrogens (tertiary/aromatic N) is 1. The maximum atomic E-state index is 5.40. The molecule has 0 radical (unpaired) electrons. The normalized spacial score (nSPS) is 17.3. The average Bonchev–Trinajstić information content (AvgIpc) is 2.93. The highest BCUT2D eigenvalue weighted by Gasteiger charge is 2.17. The molecule has 22 heavy (non-hydrogen) atoms. The quantitative estimate of drug-likeness (QED) is 0.730. The first-order valence-corrected chi connectivity index (χ1v) is 8.40. The van der Waals surface area contributed by atoms with Gasteiger partial charge >= 0.3 is 0 Å². The molecule has 114 valence electrons. The van der Waals surface area contributed by atoms with Crippen molar-refractivity contribution in [3.63, 3.8) is 0 Å². The van der Waals surface area contributed by atoms with Crippen LogP contribution in [0, 0.1) is 0 Å². The van der Waals surface area contributed by atoms with Crippen LogP contribution in [-0.4, -0.2) is 37.7 Å². The molecular formula is C20H23NO. The molecule has 0 aromatic heterocycles. The third kappa shape index (κ3) is 2.81. The second-order valence-electron chi connectivity index (χ2n) is 6.38. The first-order chi connectivity index (χ1) is 10.9. The molecule has 1 fully saturated rings. The molecule has 0 atom stereocenters. The first kappa shape index (κ1) is 14.0. The van der Waals surface area contributed by atoms with Crippen molar-refractivity contribution in [1.29, 1.82) is 0 Å². The van der Waals surface area contributed by atoms with E-state index in [1.54, 1.807) is 0 Å². The number of morpholine rings is 1. The Labute approximate surface area is 132 Å². The van der Waals surface area contributed by atoms with Crippen LogP contribution in [0.3, 0.4) is 0 Å². The van der Waals surface area contributed by atoms with Crippen LogP contribution in [0.1, 0.15) is 23.1 Å². The molecule has 2 aliphatic rings. The maximum Gasteiger partial charge on any atom is 0.0594 e. The van der Waals surface area contributed by atoms with Gasteiger partial charge in [-0.2, -0.15) is 0 Å². The van der Waals surface area contributed by atoms with Gasteiger partial charge in [0, 0.05) is 13.1 Å². The molecule has 0 unspecified atom stereocenters. The van der Waals surface area contributed by atoms with Gasteiger partial charge in [0.1, 0.15) is 0 Å². The van der Waals surface area contributed by atoms with E-state index in [-0.39, 0.29) is 0 Å². The summed E-state index contributed by atoms with van der Waals surface area (Å²) in [5, 5.41) is 0. The lowest BCUT2D eigenvalue weighted by Gasteiger charge is -2.26. The summed E-state index contributed by atoms with van der Waals surface area (Å²) in [6, 6.07) is 15.9. The molecule has 0 amide bonds. The summed E-state index contributed by atoms with van der Waals surface area (Å²) in [7, 11) is 0. The summed E-state index contributed by atoms with van der Waals surface area (Å²) >= 11 is 0. The lowest BCUT2D eigenvalue weighted by atomic mass is 10.0. The van der Waals surface area contributed by atoms with Crippen LogP contribution in [0.5, 0.6) is 0 Å². The van der Waals surface area contributed by atoms with Crippen LogP contribution in [0.4, 0.5) is 0 Å². The van der Waals surface area contributed by atoms with Crippen LogP contribution in [-0.2, 0) is 17.6 Å². The second-order valence-corrected chi connectivity index (χ2v) is 6.38. The van der Waals surface area contributed by atoms with E-state index in [9.17, 15) is 0 Å². The van der Waals surface area contributed by atoms with E-state index in [2.05, 4.69) is 47.4 Å². The number of aryl methyl sites for hydroxylation is 1. The van der Waals surface area contributed by atoms with Gasteiger partial charge in [0.25, 0.3) is 0 Å². The molecule has 1 saturated heterocycles. The van der Waals surface area contributed by atoms with E-state index in [0.717, 1.165) is 32.7 Å². The number of rotatable bonds is 4. The minimum absolute atomic E-state index is 0.900. The molecule has 2 aromatic rings. The van der Waals surface area contributed by atoms with Crippen LogP contribution in [0.2, 0.25) is 0 Å². The number of ether oxygens (including phenoxy) is 1. The smallest absolute Gasteiger partial charge is 0.0594 e. The van der Waals surface area contributed by atoms with Gasteiger partial charge in [-0.05, 0) is 53.6 Å². The highest BCUT2D eigenvalue weighted by Crippen LogP contribution is 2.36. The summed E-state index contributed by atoms with van der Waals surface area (Å²) in [5.41, 5.74) is 7.33. The fourth-order valence-corrected chi connectivity index (χ4v) is 3.69. The molecule has 0 spiro atoms. The van der Waals surface area contributed by atoms with Crippen molar-refractivity contribution in [1.82, 2.24) is 4.90 Å². The van der Waals surface area contributed by atoms with Gasteiger partial charge in [-0.15, -0.1) is 0 Å². The summed E-state index contributed by atoms with van der Waals surface area (Å²) in [4.78, 5) is 2.52. The fourth-order valence-electron chi connectivity index (χ4n) is 3.69. The summed E-state index contributed by atoms with van der Waals surface area (Å²) in [6.45, 7) is 5.19. The second kappa shape index (κ2) is 6.23. The maximum absolute atomic E-state index is 5.40. The highest BCUT2D eigenvalue weighted by molar-refractivity contribution is 5.76. The van der Waals surface area contributed by atoms with E-state index >= 15 is 0 Å². The predicted octanol–water partition coefficient (Wildman–Crippen LogP) is 3.52. The SMILES string of the molecule is c1ccc2c(c1)Cc1cc(CCCN3CCOCC3)ccc1-2. The van der Waals surface area contributed by atoms with Crippen molar-refractivity contribution in [3.05, 3.63) is 59.2 Å². The monoisotopic (exact) mass is 293 g/mol. The summed E-state index contributed by atoms with van der Waals surface area (Å²) < 4.78 is 5.40. The predicted molar refractivity (Wildman–Crippen MR) is 90.3 cm³/mol. The Morgan fingerprint density at radius 1 is 0.909 bits per heavy atom. The number of hydrogen-bond donors (Lipinski definition) is 0. The van der Waals surface area contributed by atoms with E-state index in [1.165, 1.54) is 47.2 Å². The van der Waals surface area contributed by atoms with Crippen LogP contribution in [0.15, 0.2) is 42.5 Å². The lowest BCUT2D eigenvalue weighted by Crippen LogP contribution is -2.36. The molecule has 1 aliphatic carbocycles. The average molecular weight is 293 g/mol. The Morgan fingerprint density at radius 2 is 1.73 bits per heavy atom. The molecule has 0 bridgehead atoms. The summed E-state index contributed by atoms with van der Waals surface area (Å²) in [5.74, 6) is 0. The minimum Gasteiger partial charge on any atom is -0.379 e. The zero-order valence-corrected chi connectivity index (χ0v) is 13.1. The fraction of sp³-hybridized carbons (Fsp3) is 0.400. The van der Waals surface area contributed by atoms with Gasteiger partial charge in [0.05, 0.1) is 13.2 Å². The van der Waals surface area contributed by atoms with E-state index in [0.29, 0.717) is 0 Å². The molecule has 2 aromatic carbocycles. The van der Waals surface area contributed by atoms with Gasteiger partial charge in [0.2, 0.25) is 0 Å². The Balaban J connectivity index is 1.39. The van der Waals surface area contributed by atoms with Crippen LogP contribution < -0.4 is 0 Å². The third-order valence-electron chi connectivity index (χ3n) is 4.90. The van der Waals surface area contributed by atoms with Crippen molar-refractivity contribution in [2.45, 2.75) is 19.3 Å². The van der Waals surface area contributed by atoms with Gasteiger partial charge in [-0.1, -0.05) is 42.5 Å². The van der Waals surface area contributed by atoms with Crippen molar-refractivity contribution < 1.29 is 4.74 Å². The van der Waals surface area contributed by atoms with Gasteiger partial charge < -0.3 is 4.74 Å². The molecule has 2 heteroatoms. The Bertz CT molecular complexity index is 659. The van der Waals surface area contributed by atoms with Crippen molar-refractivity contribution in [2.24, 2.45) is 0 Å². The first-order valence-electron chi connectivity index (χ1n) is 8.40. The van der Waals surface area contributed by atoms with Gasteiger partial charge in [0.15, 0.2) is 0 Å². The topological polar surface area (TPSA) is 12.5 Å². The lowest BCUT2D eigenvalue weighted by molar-refractivity contribution is 0.0375. The Hall–Kier alpha value is -1.64.